The Kier molecular flexibility index (Phi) is 4.79. The van der Waals surface area contributed by atoms with E-state index in [1.807, 2.05) is 11.3 Å². The first-order chi connectivity index (χ1) is 9.74. The maximum absolute atomic E-state index is 5.47. The van der Waals surface area contributed by atoms with Gasteiger partial charge in [-0.25, -0.2) is 0 Å². The summed E-state index contributed by atoms with van der Waals surface area (Å²) in [6.45, 7) is 6.56. The summed E-state index contributed by atoms with van der Waals surface area (Å²) in [7, 11) is 0. The van der Waals surface area contributed by atoms with E-state index in [4.69, 9.17) is 4.74 Å². The minimum absolute atomic E-state index is 0.489. The molecular weight excluding hydrogens is 266 g/mol. The molecule has 20 heavy (non-hydrogen) atoms. The molecule has 3 rings (SSSR count). The summed E-state index contributed by atoms with van der Waals surface area (Å²) < 4.78 is 5.47. The average Bonchev–Trinajstić information content (AvgIpc) is 2.92. The molecule has 0 spiro atoms. The van der Waals surface area contributed by atoms with Crippen molar-refractivity contribution in [2.75, 3.05) is 13.2 Å². The van der Waals surface area contributed by atoms with Crippen LogP contribution in [0.5, 0.6) is 0 Å². The molecule has 2 aliphatic rings. The van der Waals surface area contributed by atoms with Crippen molar-refractivity contribution in [3.63, 3.8) is 0 Å². The van der Waals surface area contributed by atoms with Gasteiger partial charge in [0.15, 0.2) is 0 Å². The highest BCUT2D eigenvalue weighted by Gasteiger charge is 2.23. The van der Waals surface area contributed by atoms with Gasteiger partial charge >= 0.3 is 0 Å². The van der Waals surface area contributed by atoms with Gasteiger partial charge < -0.3 is 10.1 Å². The highest BCUT2D eigenvalue weighted by atomic mass is 32.1. The molecule has 0 saturated carbocycles. The van der Waals surface area contributed by atoms with Crippen LogP contribution >= 0.6 is 11.3 Å². The Morgan fingerprint density at radius 3 is 2.70 bits per heavy atom. The van der Waals surface area contributed by atoms with E-state index in [1.165, 1.54) is 43.4 Å². The summed E-state index contributed by atoms with van der Waals surface area (Å²) in [5.41, 5.74) is 1.63. The molecule has 1 fully saturated rings. The zero-order chi connectivity index (χ0) is 13.9. The number of hydrogen-bond acceptors (Lipinski definition) is 3. The second-order valence-electron chi connectivity index (χ2n) is 6.43. The van der Waals surface area contributed by atoms with E-state index in [9.17, 15) is 0 Å². The van der Waals surface area contributed by atoms with Crippen LogP contribution in [0, 0.1) is 5.92 Å². The molecule has 2 nitrogen and oxygen atoms in total. The molecule has 0 aromatic carbocycles. The van der Waals surface area contributed by atoms with Crippen molar-refractivity contribution in [2.24, 2.45) is 5.92 Å². The molecular formula is C17H27NOS. The van der Waals surface area contributed by atoms with Crippen molar-refractivity contribution >= 4 is 11.3 Å². The van der Waals surface area contributed by atoms with Gasteiger partial charge in [0.2, 0.25) is 0 Å². The minimum Gasteiger partial charge on any atom is -0.381 e. The third-order valence-electron chi connectivity index (χ3n) is 4.93. The van der Waals surface area contributed by atoms with Crippen LogP contribution in [0.15, 0.2) is 6.07 Å². The van der Waals surface area contributed by atoms with Gasteiger partial charge in [-0.1, -0.05) is 0 Å². The van der Waals surface area contributed by atoms with Gasteiger partial charge in [0.1, 0.15) is 0 Å². The van der Waals surface area contributed by atoms with Crippen molar-refractivity contribution in [1.29, 1.82) is 0 Å². The summed E-state index contributed by atoms with van der Waals surface area (Å²) in [4.78, 5) is 3.19. The van der Waals surface area contributed by atoms with Gasteiger partial charge in [0.25, 0.3) is 0 Å². The van der Waals surface area contributed by atoms with Crippen LogP contribution in [0.3, 0.4) is 0 Å². The lowest BCUT2D eigenvalue weighted by Crippen LogP contribution is -2.37. The first-order valence-corrected chi connectivity index (χ1v) is 9.01. The van der Waals surface area contributed by atoms with Crippen molar-refractivity contribution in [1.82, 2.24) is 5.32 Å². The first-order valence-electron chi connectivity index (χ1n) is 8.19. The average molecular weight is 293 g/mol. The normalized spacial score (nSPS) is 23.3. The molecule has 0 radical (unpaired) electrons. The second-order valence-corrected chi connectivity index (χ2v) is 7.60. The van der Waals surface area contributed by atoms with Gasteiger partial charge in [-0.3, -0.25) is 0 Å². The number of fused-ring (bicyclic) bond motifs is 1. The van der Waals surface area contributed by atoms with Crippen molar-refractivity contribution < 1.29 is 4.74 Å². The van der Waals surface area contributed by atoms with Crippen LogP contribution in [-0.4, -0.2) is 19.3 Å². The molecule has 1 aliphatic carbocycles. The highest BCUT2D eigenvalue weighted by molar-refractivity contribution is 7.12. The largest absolute Gasteiger partial charge is 0.381 e. The number of hydrogen-bond donors (Lipinski definition) is 1. The zero-order valence-electron chi connectivity index (χ0n) is 12.8. The molecule has 1 aliphatic heterocycles. The van der Waals surface area contributed by atoms with E-state index in [1.54, 1.807) is 10.4 Å². The van der Waals surface area contributed by atoms with E-state index >= 15 is 0 Å². The molecule has 1 N–H and O–H groups in total. The lowest BCUT2D eigenvalue weighted by Gasteiger charge is -2.30. The van der Waals surface area contributed by atoms with Gasteiger partial charge in [-0.2, -0.15) is 0 Å². The summed E-state index contributed by atoms with van der Waals surface area (Å²) in [5, 5.41) is 3.83. The van der Waals surface area contributed by atoms with Gasteiger partial charge in [-0.15, -0.1) is 11.3 Å². The standard InChI is InChI=1S/C17H27NOS/c1-12(14-7-9-19-10-8-14)18-13(2)17-11-15-5-3-4-6-16(15)20-17/h11-14,18H,3-10H2,1-2H3. The Bertz CT molecular complexity index is 413. The molecule has 1 saturated heterocycles. The third kappa shape index (κ3) is 3.26. The van der Waals surface area contributed by atoms with E-state index in [0.29, 0.717) is 12.1 Å². The highest BCUT2D eigenvalue weighted by Crippen LogP contribution is 2.33. The van der Waals surface area contributed by atoms with Crippen LogP contribution in [0.2, 0.25) is 0 Å². The molecule has 2 unspecified atom stereocenters. The van der Waals surface area contributed by atoms with Gasteiger partial charge in [0, 0.05) is 35.1 Å². The topological polar surface area (TPSA) is 21.3 Å². The van der Waals surface area contributed by atoms with Crippen LogP contribution in [0.25, 0.3) is 0 Å². The monoisotopic (exact) mass is 293 g/mol. The molecule has 0 amide bonds. The van der Waals surface area contributed by atoms with E-state index in [0.717, 1.165) is 19.1 Å². The van der Waals surface area contributed by atoms with E-state index in [2.05, 4.69) is 25.2 Å². The molecule has 1 aromatic heterocycles. The number of ether oxygens (including phenoxy) is 1. The second kappa shape index (κ2) is 6.59. The lowest BCUT2D eigenvalue weighted by atomic mass is 9.92. The Hall–Kier alpha value is -0.380. The first kappa shape index (κ1) is 14.6. The summed E-state index contributed by atoms with van der Waals surface area (Å²) >= 11 is 2.04. The van der Waals surface area contributed by atoms with Gasteiger partial charge in [-0.05, 0) is 69.9 Å². The summed E-state index contributed by atoms with van der Waals surface area (Å²) in [6.07, 6.45) is 7.79. The minimum atomic E-state index is 0.489. The molecule has 0 bridgehead atoms. The molecule has 2 heterocycles. The predicted octanol–water partition coefficient (Wildman–Crippen LogP) is 4.09. The Labute approximate surface area is 126 Å². The lowest BCUT2D eigenvalue weighted by molar-refractivity contribution is 0.0547. The molecule has 112 valence electrons. The van der Waals surface area contributed by atoms with E-state index < -0.39 is 0 Å². The fraction of sp³-hybridized carbons (Fsp3) is 0.765. The maximum Gasteiger partial charge on any atom is 0.0469 e. The van der Waals surface area contributed by atoms with Crippen LogP contribution in [0.4, 0.5) is 0 Å². The fourth-order valence-electron chi connectivity index (χ4n) is 3.56. The molecule has 3 heteroatoms. The predicted molar refractivity (Wildman–Crippen MR) is 85.5 cm³/mol. The van der Waals surface area contributed by atoms with Crippen molar-refractivity contribution in [3.8, 4) is 0 Å². The SMILES string of the molecule is CC(NC(C)C1CCOCC1)c1cc2c(s1)CCCC2. The number of rotatable bonds is 4. The van der Waals surface area contributed by atoms with Crippen molar-refractivity contribution in [3.05, 3.63) is 21.4 Å². The Morgan fingerprint density at radius 1 is 1.20 bits per heavy atom. The molecule has 1 aromatic rings. The Morgan fingerprint density at radius 2 is 1.95 bits per heavy atom. The summed E-state index contributed by atoms with van der Waals surface area (Å²) in [6, 6.07) is 3.55. The smallest absolute Gasteiger partial charge is 0.0469 e. The molecule has 2 atom stereocenters. The fourth-order valence-corrected chi connectivity index (χ4v) is 4.82. The number of aryl methyl sites for hydroxylation is 2. The van der Waals surface area contributed by atoms with Crippen molar-refractivity contribution in [2.45, 2.75) is 64.5 Å². The van der Waals surface area contributed by atoms with Crippen LogP contribution in [-0.2, 0) is 17.6 Å². The summed E-state index contributed by atoms with van der Waals surface area (Å²) in [5.74, 6) is 0.779. The maximum atomic E-state index is 5.47. The van der Waals surface area contributed by atoms with Crippen LogP contribution in [0.1, 0.15) is 60.9 Å². The number of nitrogens with one attached hydrogen (secondary N) is 1. The Balaban J connectivity index is 1.60. The quantitative estimate of drug-likeness (QED) is 0.902. The van der Waals surface area contributed by atoms with Gasteiger partial charge in [0.05, 0.1) is 0 Å². The number of thiophene rings is 1. The third-order valence-corrected chi connectivity index (χ3v) is 6.35. The zero-order valence-corrected chi connectivity index (χ0v) is 13.6. The van der Waals surface area contributed by atoms with E-state index in [-0.39, 0.29) is 0 Å². The van der Waals surface area contributed by atoms with Crippen LogP contribution < -0.4 is 5.32 Å².